The van der Waals surface area contributed by atoms with Gasteiger partial charge in [0.25, 0.3) is 0 Å². The molecule has 0 saturated heterocycles. The number of carbonyl (C=O) groups is 1. The van der Waals surface area contributed by atoms with Crippen LogP contribution in [0.1, 0.15) is 20.3 Å². The SMILES string of the molecule is CC(C)=CCC(CO)C(=O)O. The van der Waals surface area contributed by atoms with E-state index < -0.39 is 11.9 Å². The highest BCUT2D eigenvalue weighted by Crippen LogP contribution is 2.05. The Morgan fingerprint density at radius 2 is 2.09 bits per heavy atom. The molecule has 0 aliphatic carbocycles. The molecule has 11 heavy (non-hydrogen) atoms. The van der Waals surface area contributed by atoms with Gasteiger partial charge in [0.2, 0.25) is 0 Å². The van der Waals surface area contributed by atoms with Crippen molar-refractivity contribution in [1.82, 2.24) is 0 Å². The highest BCUT2D eigenvalue weighted by molar-refractivity contribution is 5.70. The first-order chi connectivity index (χ1) is 5.07. The van der Waals surface area contributed by atoms with Gasteiger partial charge in [0.15, 0.2) is 0 Å². The van der Waals surface area contributed by atoms with Gasteiger partial charge in [0, 0.05) is 0 Å². The van der Waals surface area contributed by atoms with Crippen LogP contribution in [-0.2, 0) is 4.79 Å². The summed E-state index contributed by atoms with van der Waals surface area (Å²) in [5, 5.41) is 17.1. The Kier molecular flexibility index (Phi) is 4.54. The first-order valence-corrected chi connectivity index (χ1v) is 3.55. The summed E-state index contributed by atoms with van der Waals surface area (Å²) < 4.78 is 0. The molecule has 1 atom stereocenters. The third-order valence-electron chi connectivity index (χ3n) is 1.38. The molecule has 1 unspecified atom stereocenters. The minimum absolute atomic E-state index is 0.293. The minimum Gasteiger partial charge on any atom is -0.481 e. The summed E-state index contributed by atoms with van der Waals surface area (Å²) in [5.41, 5.74) is 1.07. The molecular formula is C8H14O3. The lowest BCUT2D eigenvalue weighted by Crippen LogP contribution is -2.16. The van der Waals surface area contributed by atoms with Crippen molar-refractivity contribution in [2.45, 2.75) is 20.3 Å². The smallest absolute Gasteiger partial charge is 0.309 e. The van der Waals surface area contributed by atoms with E-state index in [1.807, 2.05) is 19.9 Å². The first kappa shape index (κ1) is 10.2. The fraction of sp³-hybridized carbons (Fsp3) is 0.625. The molecule has 0 aromatic heterocycles. The number of rotatable bonds is 4. The maximum absolute atomic E-state index is 10.4. The van der Waals surface area contributed by atoms with E-state index in [1.165, 1.54) is 0 Å². The highest BCUT2D eigenvalue weighted by atomic mass is 16.4. The van der Waals surface area contributed by atoms with Crippen molar-refractivity contribution in [3.63, 3.8) is 0 Å². The molecule has 0 heterocycles. The number of carboxylic acid groups (broad SMARTS) is 1. The van der Waals surface area contributed by atoms with Crippen molar-refractivity contribution >= 4 is 5.97 Å². The van der Waals surface area contributed by atoms with Gasteiger partial charge < -0.3 is 10.2 Å². The fourth-order valence-corrected chi connectivity index (χ4v) is 0.631. The molecule has 0 aromatic rings. The van der Waals surface area contributed by atoms with Crippen LogP contribution in [0.15, 0.2) is 11.6 Å². The molecule has 3 nitrogen and oxygen atoms in total. The Morgan fingerprint density at radius 1 is 1.55 bits per heavy atom. The van der Waals surface area contributed by atoms with Gasteiger partial charge in [-0.1, -0.05) is 11.6 Å². The van der Waals surface area contributed by atoms with E-state index in [-0.39, 0.29) is 6.61 Å². The molecule has 0 spiro atoms. The molecule has 0 radical (unpaired) electrons. The maximum Gasteiger partial charge on any atom is 0.309 e. The van der Waals surface area contributed by atoms with Gasteiger partial charge in [0.1, 0.15) is 0 Å². The van der Waals surface area contributed by atoms with Crippen LogP contribution in [0, 0.1) is 5.92 Å². The number of hydrogen-bond donors (Lipinski definition) is 2. The zero-order valence-electron chi connectivity index (χ0n) is 6.87. The second kappa shape index (κ2) is 4.91. The Hall–Kier alpha value is -0.830. The molecule has 0 bridgehead atoms. The van der Waals surface area contributed by atoms with E-state index in [4.69, 9.17) is 10.2 Å². The molecule has 0 aliphatic rings. The summed E-state index contributed by atoms with van der Waals surface area (Å²) in [6, 6.07) is 0. The molecule has 64 valence electrons. The summed E-state index contributed by atoms with van der Waals surface area (Å²) in [6.07, 6.45) is 2.23. The van der Waals surface area contributed by atoms with Crippen molar-refractivity contribution < 1.29 is 15.0 Å². The number of aliphatic hydroxyl groups is 1. The van der Waals surface area contributed by atoms with E-state index in [2.05, 4.69) is 0 Å². The van der Waals surface area contributed by atoms with Gasteiger partial charge in [-0.05, 0) is 20.3 Å². The number of hydrogen-bond acceptors (Lipinski definition) is 2. The molecule has 0 saturated carbocycles. The van der Waals surface area contributed by atoms with Gasteiger partial charge in [-0.15, -0.1) is 0 Å². The molecular weight excluding hydrogens is 144 g/mol. The van der Waals surface area contributed by atoms with Crippen LogP contribution in [-0.4, -0.2) is 22.8 Å². The molecule has 0 fully saturated rings. The third-order valence-corrected chi connectivity index (χ3v) is 1.38. The second-order valence-electron chi connectivity index (χ2n) is 2.73. The van der Waals surface area contributed by atoms with Crippen LogP contribution in [0.2, 0.25) is 0 Å². The predicted octanol–water partition coefficient (Wildman–Crippen LogP) is 1.04. The van der Waals surface area contributed by atoms with E-state index in [9.17, 15) is 4.79 Å². The minimum atomic E-state index is -0.940. The molecule has 0 aliphatic heterocycles. The van der Waals surface area contributed by atoms with Gasteiger partial charge in [-0.25, -0.2) is 0 Å². The van der Waals surface area contributed by atoms with Crippen molar-refractivity contribution in [3.05, 3.63) is 11.6 Å². The van der Waals surface area contributed by atoms with Crippen LogP contribution in [0.3, 0.4) is 0 Å². The standard InChI is InChI=1S/C8H14O3/c1-6(2)3-4-7(5-9)8(10)11/h3,7,9H,4-5H2,1-2H3,(H,10,11). The lowest BCUT2D eigenvalue weighted by atomic mass is 10.1. The van der Waals surface area contributed by atoms with Crippen LogP contribution >= 0.6 is 0 Å². The highest BCUT2D eigenvalue weighted by Gasteiger charge is 2.13. The zero-order valence-corrected chi connectivity index (χ0v) is 6.87. The number of carboxylic acids is 1. The topological polar surface area (TPSA) is 57.5 Å². The molecule has 2 N–H and O–H groups in total. The lowest BCUT2D eigenvalue weighted by molar-refractivity contribution is -0.142. The van der Waals surface area contributed by atoms with Gasteiger partial charge in [-0.2, -0.15) is 0 Å². The van der Waals surface area contributed by atoms with E-state index in [0.717, 1.165) is 5.57 Å². The maximum atomic E-state index is 10.4. The van der Waals surface area contributed by atoms with E-state index in [0.29, 0.717) is 6.42 Å². The summed E-state index contributed by atoms with van der Waals surface area (Å²) in [6.45, 7) is 3.51. The van der Waals surface area contributed by atoms with Crippen molar-refractivity contribution in [1.29, 1.82) is 0 Å². The Labute approximate surface area is 66.4 Å². The third kappa shape index (κ3) is 4.56. The summed E-state index contributed by atoms with van der Waals surface area (Å²) in [5.74, 6) is -1.59. The van der Waals surface area contributed by atoms with Crippen LogP contribution in [0.4, 0.5) is 0 Å². The van der Waals surface area contributed by atoms with Gasteiger partial charge >= 0.3 is 5.97 Å². The van der Waals surface area contributed by atoms with Crippen molar-refractivity contribution in [2.75, 3.05) is 6.61 Å². The Bertz CT molecular complexity index is 157. The normalized spacial score (nSPS) is 12.3. The predicted molar refractivity (Wildman–Crippen MR) is 42.3 cm³/mol. The van der Waals surface area contributed by atoms with Crippen LogP contribution in [0.5, 0.6) is 0 Å². The zero-order chi connectivity index (χ0) is 8.85. The fourth-order valence-electron chi connectivity index (χ4n) is 0.631. The number of allylic oxidation sites excluding steroid dienone is 2. The second-order valence-corrected chi connectivity index (χ2v) is 2.73. The summed E-state index contributed by atoms with van der Waals surface area (Å²) in [7, 11) is 0. The summed E-state index contributed by atoms with van der Waals surface area (Å²) >= 11 is 0. The average Bonchev–Trinajstić information content (AvgIpc) is 1.87. The number of aliphatic hydroxyl groups excluding tert-OH is 1. The van der Waals surface area contributed by atoms with E-state index >= 15 is 0 Å². The summed E-state index contributed by atoms with van der Waals surface area (Å²) in [4.78, 5) is 10.4. The number of aliphatic carboxylic acids is 1. The van der Waals surface area contributed by atoms with Crippen LogP contribution in [0.25, 0.3) is 0 Å². The van der Waals surface area contributed by atoms with Gasteiger partial charge in [0.05, 0.1) is 12.5 Å². The van der Waals surface area contributed by atoms with Crippen molar-refractivity contribution in [2.24, 2.45) is 5.92 Å². The van der Waals surface area contributed by atoms with E-state index in [1.54, 1.807) is 0 Å². The molecule has 0 rings (SSSR count). The molecule has 0 amide bonds. The average molecular weight is 158 g/mol. The lowest BCUT2D eigenvalue weighted by Gasteiger charge is -2.04. The largest absolute Gasteiger partial charge is 0.481 e. The van der Waals surface area contributed by atoms with Crippen LogP contribution < -0.4 is 0 Å². The molecule has 0 aromatic carbocycles. The monoisotopic (exact) mass is 158 g/mol. The molecule has 3 heteroatoms. The Morgan fingerprint density at radius 3 is 2.36 bits per heavy atom. The first-order valence-electron chi connectivity index (χ1n) is 3.55. The van der Waals surface area contributed by atoms with Crippen molar-refractivity contribution in [3.8, 4) is 0 Å². The quantitative estimate of drug-likeness (QED) is 0.601. The Balaban J connectivity index is 3.89. The van der Waals surface area contributed by atoms with Gasteiger partial charge in [-0.3, -0.25) is 4.79 Å².